The van der Waals surface area contributed by atoms with Crippen LogP contribution in [0.25, 0.3) is 0 Å². The third-order valence-corrected chi connectivity index (χ3v) is 4.68. The van der Waals surface area contributed by atoms with Crippen LogP contribution in [0.2, 0.25) is 5.02 Å². The van der Waals surface area contributed by atoms with Crippen LogP contribution in [0.3, 0.4) is 0 Å². The van der Waals surface area contributed by atoms with E-state index in [0.717, 1.165) is 43.1 Å². The first-order valence-corrected chi connectivity index (χ1v) is 7.34. The van der Waals surface area contributed by atoms with Crippen molar-refractivity contribution in [3.63, 3.8) is 0 Å². The van der Waals surface area contributed by atoms with Gasteiger partial charge in [-0.2, -0.15) is 0 Å². The molecule has 2 aliphatic heterocycles. The maximum Gasteiger partial charge on any atom is 0.143 e. The minimum Gasteiger partial charge on any atom is -0.485 e. The van der Waals surface area contributed by atoms with E-state index in [2.05, 4.69) is 30.4 Å². The quantitative estimate of drug-likeness (QED) is 0.856. The third-order valence-electron chi connectivity index (χ3n) is 4.38. The second kappa shape index (κ2) is 4.97. The normalized spacial score (nSPS) is 25.2. The molecule has 19 heavy (non-hydrogen) atoms. The summed E-state index contributed by atoms with van der Waals surface area (Å²) in [5.41, 5.74) is 1.18. The molecule has 0 saturated carbocycles. The largest absolute Gasteiger partial charge is 0.485 e. The van der Waals surface area contributed by atoms with Gasteiger partial charge >= 0.3 is 0 Å². The summed E-state index contributed by atoms with van der Waals surface area (Å²) < 4.78 is 6.37. The maximum atomic E-state index is 6.37. The number of benzene rings is 1. The van der Waals surface area contributed by atoms with Crippen LogP contribution in [-0.2, 0) is 0 Å². The number of fused-ring (bicyclic) bond motifs is 1. The van der Waals surface area contributed by atoms with Crippen LogP contribution in [0.15, 0.2) is 18.2 Å². The lowest BCUT2D eigenvalue weighted by atomic mass is 9.80. The van der Waals surface area contributed by atoms with Gasteiger partial charge in [0.15, 0.2) is 0 Å². The molecule has 0 amide bonds. The van der Waals surface area contributed by atoms with E-state index >= 15 is 0 Å². The lowest BCUT2D eigenvalue weighted by molar-refractivity contribution is -0.0117. The van der Waals surface area contributed by atoms with Crippen molar-refractivity contribution in [2.24, 2.45) is 0 Å². The van der Waals surface area contributed by atoms with Crippen molar-refractivity contribution in [3.05, 3.63) is 28.8 Å². The van der Waals surface area contributed by atoms with E-state index in [1.54, 1.807) is 0 Å². The molecule has 104 valence electrons. The Kier molecular flexibility index (Phi) is 3.46. The van der Waals surface area contributed by atoms with Crippen molar-refractivity contribution in [2.45, 2.75) is 30.9 Å². The topological polar surface area (TPSA) is 24.5 Å². The number of rotatable bonds is 1. The van der Waals surface area contributed by atoms with E-state index in [9.17, 15) is 0 Å². The molecule has 1 unspecified atom stereocenters. The van der Waals surface area contributed by atoms with Crippen LogP contribution in [0, 0.1) is 0 Å². The molecule has 3 nitrogen and oxygen atoms in total. The van der Waals surface area contributed by atoms with Gasteiger partial charge < -0.3 is 15.0 Å². The monoisotopic (exact) mass is 280 g/mol. The summed E-state index contributed by atoms with van der Waals surface area (Å²) in [4.78, 5) is 2.28. The highest BCUT2D eigenvalue weighted by atomic mass is 35.5. The van der Waals surface area contributed by atoms with Crippen LogP contribution in [0.4, 0.5) is 0 Å². The Morgan fingerprint density at radius 3 is 2.74 bits per heavy atom. The average molecular weight is 281 g/mol. The Bertz CT molecular complexity index is 469. The van der Waals surface area contributed by atoms with Crippen LogP contribution in [0.5, 0.6) is 5.75 Å². The number of para-hydroxylation sites is 1. The fourth-order valence-electron chi connectivity index (χ4n) is 3.27. The average Bonchev–Trinajstić information content (AvgIpc) is 2.40. The minimum atomic E-state index is -0.0435. The van der Waals surface area contributed by atoms with Crippen molar-refractivity contribution in [1.82, 2.24) is 10.2 Å². The predicted molar refractivity (Wildman–Crippen MR) is 78.0 cm³/mol. The molecule has 1 fully saturated rings. The Morgan fingerprint density at radius 2 is 2.05 bits per heavy atom. The zero-order valence-corrected chi connectivity index (χ0v) is 12.3. The summed E-state index contributed by atoms with van der Waals surface area (Å²) in [5, 5.41) is 4.15. The molecule has 2 heterocycles. The molecular weight excluding hydrogens is 260 g/mol. The number of ether oxygens (including phenoxy) is 1. The highest BCUT2D eigenvalue weighted by molar-refractivity contribution is 6.32. The van der Waals surface area contributed by atoms with Crippen LogP contribution < -0.4 is 10.1 Å². The van der Waals surface area contributed by atoms with Gasteiger partial charge in [-0.3, -0.25) is 0 Å². The molecule has 1 aromatic carbocycles. The standard InChI is InChI=1S/C15H21ClN2O/c1-18(2)13-10-15(6-8-17-9-7-15)19-14-11(13)4-3-5-12(14)16/h3-5,13,17H,6-10H2,1-2H3. The summed E-state index contributed by atoms with van der Waals surface area (Å²) in [6.07, 6.45) is 3.17. The number of hydrogen-bond donors (Lipinski definition) is 1. The number of hydrogen-bond acceptors (Lipinski definition) is 3. The van der Waals surface area contributed by atoms with Gasteiger partial charge in [0.25, 0.3) is 0 Å². The molecule has 3 rings (SSSR count). The fourth-order valence-corrected chi connectivity index (χ4v) is 3.49. The van der Waals surface area contributed by atoms with Crippen LogP contribution in [0.1, 0.15) is 30.9 Å². The second-order valence-electron chi connectivity index (χ2n) is 5.88. The van der Waals surface area contributed by atoms with Gasteiger partial charge in [-0.25, -0.2) is 0 Å². The zero-order chi connectivity index (χ0) is 13.5. The van der Waals surface area contributed by atoms with Gasteiger partial charge in [0, 0.05) is 18.0 Å². The molecule has 1 N–H and O–H groups in total. The molecule has 1 saturated heterocycles. The van der Waals surface area contributed by atoms with Gasteiger partial charge in [0.1, 0.15) is 11.4 Å². The summed E-state index contributed by atoms with van der Waals surface area (Å²) >= 11 is 6.36. The van der Waals surface area contributed by atoms with Crippen molar-refractivity contribution in [3.8, 4) is 5.75 Å². The number of piperidine rings is 1. The second-order valence-corrected chi connectivity index (χ2v) is 6.28. The van der Waals surface area contributed by atoms with Gasteiger partial charge in [0.05, 0.1) is 5.02 Å². The molecule has 0 bridgehead atoms. The van der Waals surface area contributed by atoms with Gasteiger partial charge in [-0.1, -0.05) is 23.7 Å². The smallest absolute Gasteiger partial charge is 0.143 e. The molecule has 4 heteroatoms. The lowest BCUT2D eigenvalue weighted by Gasteiger charge is -2.46. The molecular formula is C15H21ClN2O. The van der Waals surface area contributed by atoms with Crippen molar-refractivity contribution in [1.29, 1.82) is 0 Å². The zero-order valence-electron chi connectivity index (χ0n) is 11.6. The summed E-state index contributed by atoms with van der Waals surface area (Å²) in [5.74, 6) is 0.899. The van der Waals surface area contributed by atoms with Crippen molar-refractivity contribution < 1.29 is 4.74 Å². The summed E-state index contributed by atoms with van der Waals surface area (Å²) in [6, 6.07) is 6.47. The molecule has 1 spiro atoms. The van der Waals surface area contributed by atoms with Crippen LogP contribution in [-0.4, -0.2) is 37.7 Å². The van der Waals surface area contributed by atoms with E-state index in [1.807, 2.05) is 12.1 Å². The molecule has 0 aliphatic carbocycles. The Morgan fingerprint density at radius 1 is 1.32 bits per heavy atom. The molecule has 2 aliphatic rings. The molecule has 1 aromatic rings. The Balaban J connectivity index is 2.02. The first kappa shape index (κ1) is 13.2. The number of nitrogens with zero attached hydrogens (tertiary/aromatic N) is 1. The Hall–Kier alpha value is -0.770. The van der Waals surface area contributed by atoms with Crippen molar-refractivity contribution >= 4 is 11.6 Å². The summed E-state index contributed by atoms with van der Waals surface area (Å²) in [6.45, 7) is 2.06. The summed E-state index contributed by atoms with van der Waals surface area (Å²) in [7, 11) is 4.27. The predicted octanol–water partition coefficient (Wildman–Crippen LogP) is 2.85. The molecule has 1 atom stereocenters. The molecule has 0 aromatic heterocycles. The number of halogens is 1. The van der Waals surface area contributed by atoms with Crippen LogP contribution >= 0.6 is 11.6 Å². The van der Waals surface area contributed by atoms with Gasteiger partial charge in [-0.05, 0) is 46.1 Å². The lowest BCUT2D eigenvalue weighted by Crippen LogP contribution is -2.50. The SMILES string of the molecule is CN(C)C1CC2(CCNCC2)Oc2c(Cl)cccc21. The minimum absolute atomic E-state index is 0.0435. The molecule has 0 radical (unpaired) electrons. The first-order valence-electron chi connectivity index (χ1n) is 6.96. The number of nitrogens with one attached hydrogen (secondary N) is 1. The van der Waals surface area contributed by atoms with E-state index in [4.69, 9.17) is 16.3 Å². The van der Waals surface area contributed by atoms with Gasteiger partial charge in [0.2, 0.25) is 0 Å². The highest BCUT2D eigenvalue weighted by Crippen LogP contribution is 2.47. The van der Waals surface area contributed by atoms with E-state index in [-0.39, 0.29) is 5.60 Å². The van der Waals surface area contributed by atoms with E-state index < -0.39 is 0 Å². The maximum absolute atomic E-state index is 6.37. The van der Waals surface area contributed by atoms with Gasteiger partial charge in [-0.15, -0.1) is 0 Å². The first-order chi connectivity index (χ1) is 9.11. The van der Waals surface area contributed by atoms with Crippen molar-refractivity contribution in [2.75, 3.05) is 27.2 Å². The van der Waals surface area contributed by atoms with E-state index in [1.165, 1.54) is 5.56 Å². The highest BCUT2D eigenvalue weighted by Gasteiger charge is 2.43. The third kappa shape index (κ3) is 2.35. The Labute approximate surface area is 119 Å². The fraction of sp³-hybridized carbons (Fsp3) is 0.600. The van der Waals surface area contributed by atoms with E-state index in [0.29, 0.717) is 6.04 Å².